The molecule has 170 valence electrons. The second kappa shape index (κ2) is 8.67. The lowest BCUT2D eigenvalue weighted by Gasteiger charge is -2.35. The summed E-state index contributed by atoms with van der Waals surface area (Å²) in [5.74, 6) is 1.08. The Hall–Kier alpha value is -3.72. The first-order valence-electron chi connectivity index (χ1n) is 11.3. The molecule has 0 atom stereocenters. The summed E-state index contributed by atoms with van der Waals surface area (Å²) in [5, 5.41) is 3.77. The van der Waals surface area contributed by atoms with Crippen molar-refractivity contribution in [3.05, 3.63) is 64.7 Å². The fraction of sp³-hybridized carbons (Fsp3) is 0.333. The summed E-state index contributed by atoms with van der Waals surface area (Å²) in [5.41, 5.74) is 3.77. The number of pyridine rings is 1. The second-order valence-corrected chi connectivity index (χ2v) is 8.37. The summed E-state index contributed by atoms with van der Waals surface area (Å²) in [4.78, 5) is 31.2. The number of nitrogens with one attached hydrogen (secondary N) is 1. The van der Waals surface area contributed by atoms with Crippen molar-refractivity contribution in [3.8, 4) is 5.82 Å². The Balaban J connectivity index is 1.47. The number of rotatable bonds is 5. The lowest BCUT2D eigenvalue weighted by Crippen LogP contribution is -2.44. The van der Waals surface area contributed by atoms with Crippen molar-refractivity contribution in [3.63, 3.8) is 0 Å². The lowest BCUT2D eigenvalue weighted by atomic mass is 10.1. The van der Waals surface area contributed by atoms with E-state index in [1.807, 2.05) is 25.1 Å². The van der Waals surface area contributed by atoms with Crippen LogP contribution in [0, 0.1) is 6.92 Å². The Bertz CT molecular complexity index is 1340. The van der Waals surface area contributed by atoms with E-state index in [9.17, 15) is 4.79 Å². The van der Waals surface area contributed by atoms with Crippen LogP contribution in [-0.2, 0) is 6.54 Å². The molecule has 0 spiro atoms. The van der Waals surface area contributed by atoms with Crippen LogP contribution in [0.3, 0.4) is 0 Å². The van der Waals surface area contributed by atoms with Gasteiger partial charge in [0.05, 0.1) is 0 Å². The molecule has 0 amide bonds. The topological polar surface area (TPSA) is 84.1 Å². The van der Waals surface area contributed by atoms with E-state index in [2.05, 4.69) is 57.3 Å². The van der Waals surface area contributed by atoms with E-state index < -0.39 is 0 Å². The molecule has 0 unspecified atom stereocenters. The quantitative estimate of drug-likeness (QED) is 0.507. The van der Waals surface area contributed by atoms with Gasteiger partial charge in [0.1, 0.15) is 5.39 Å². The van der Waals surface area contributed by atoms with Crippen molar-refractivity contribution >= 4 is 28.4 Å². The molecule has 9 nitrogen and oxygen atoms in total. The number of fused-ring (bicyclic) bond motifs is 1. The molecule has 1 aliphatic rings. The van der Waals surface area contributed by atoms with Crippen LogP contribution in [0.15, 0.2) is 53.6 Å². The second-order valence-electron chi connectivity index (χ2n) is 8.37. The molecule has 0 radical (unpaired) electrons. The van der Waals surface area contributed by atoms with E-state index in [1.54, 1.807) is 21.8 Å². The van der Waals surface area contributed by atoms with E-state index in [-0.39, 0.29) is 5.56 Å². The summed E-state index contributed by atoms with van der Waals surface area (Å²) >= 11 is 0. The number of aromatic nitrogens is 5. The number of hydrogen-bond acceptors (Lipinski definition) is 7. The van der Waals surface area contributed by atoms with Gasteiger partial charge in [-0.3, -0.25) is 4.79 Å². The maximum atomic E-state index is 12.9. The minimum Gasteiger partial charge on any atom is -0.369 e. The van der Waals surface area contributed by atoms with Gasteiger partial charge in [0, 0.05) is 56.5 Å². The van der Waals surface area contributed by atoms with Crippen LogP contribution in [0.5, 0.6) is 0 Å². The number of likely N-dealkylation sites (N-methyl/N-ethyl adjacent to an activating group) is 1. The molecule has 1 saturated heterocycles. The SMILES string of the molecule is CCn1c(=O)c2cnc(Nc3ccc(N4CCN(C)CC4)c(C)c3)nc2n1-c1ccccn1. The predicted octanol–water partition coefficient (Wildman–Crippen LogP) is 2.80. The molecular weight excluding hydrogens is 416 g/mol. The van der Waals surface area contributed by atoms with E-state index in [0.29, 0.717) is 29.3 Å². The van der Waals surface area contributed by atoms with Crippen LogP contribution in [0.2, 0.25) is 0 Å². The zero-order valence-corrected chi connectivity index (χ0v) is 19.2. The number of aryl methyl sites for hydroxylation is 1. The molecule has 0 aliphatic carbocycles. The number of nitrogens with zero attached hydrogens (tertiary/aromatic N) is 7. The van der Waals surface area contributed by atoms with Crippen LogP contribution >= 0.6 is 0 Å². The first-order valence-corrected chi connectivity index (χ1v) is 11.3. The Morgan fingerprint density at radius 3 is 2.58 bits per heavy atom. The predicted molar refractivity (Wildman–Crippen MR) is 131 cm³/mol. The van der Waals surface area contributed by atoms with Gasteiger partial charge in [-0.2, -0.15) is 4.98 Å². The summed E-state index contributed by atoms with van der Waals surface area (Å²) in [6, 6.07) is 11.9. The largest absolute Gasteiger partial charge is 0.369 e. The maximum absolute atomic E-state index is 12.9. The van der Waals surface area contributed by atoms with Gasteiger partial charge in [0.25, 0.3) is 5.56 Å². The molecule has 1 aliphatic heterocycles. The smallest absolute Gasteiger partial charge is 0.278 e. The van der Waals surface area contributed by atoms with Crippen LogP contribution in [0.25, 0.3) is 16.9 Å². The van der Waals surface area contributed by atoms with Gasteiger partial charge in [-0.1, -0.05) is 6.07 Å². The standard InChI is InChI=1S/C24H28N8O/c1-4-31-23(33)19-16-26-24(28-22(19)32(31)21-7-5-6-10-25-21)27-18-8-9-20(17(2)15-18)30-13-11-29(3)12-14-30/h5-10,15-16H,4,11-14H2,1-3H3,(H,26,27,28). The number of benzene rings is 1. The highest BCUT2D eigenvalue weighted by Crippen LogP contribution is 2.26. The third-order valence-electron chi connectivity index (χ3n) is 6.14. The number of piperazine rings is 1. The molecule has 9 heteroatoms. The van der Waals surface area contributed by atoms with Gasteiger partial charge >= 0.3 is 0 Å². The van der Waals surface area contributed by atoms with E-state index >= 15 is 0 Å². The third-order valence-corrected chi connectivity index (χ3v) is 6.14. The van der Waals surface area contributed by atoms with Gasteiger partial charge < -0.3 is 15.1 Å². The average Bonchev–Trinajstić information content (AvgIpc) is 3.11. The molecule has 4 heterocycles. The van der Waals surface area contributed by atoms with Gasteiger partial charge in [0.15, 0.2) is 11.5 Å². The van der Waals surface area contributed by atoms with Crippen molar-refractivity contribution in [2.45, 2.75) is 20.4 Å². The monoisotopic (exact) mass is 444 g/mol. The van der Waals surface area contributed by atoms with Crippen LogP contribution in [0.4, 0.5) is 17.3 Å². The Kier molecular flexibility index (Phi) is 5.55. The number of hydrogen-bond donors (Lipinski definition) is 1. The average molecular weight is 445 g/mol. The summed E-state index contributed by atoms with van der Waals surface area (Å²) in [7, 11) is 2.16. The van der Waals surface area contributed by atoms with Gasteiger partial charge in [-0.15, -0.1) is 0 Å². The highest BCUT2D eigenvalue weighted by molar-refractivity contribution is 5.77. The van der Waals surface area contributed by atoms with Crippen molar-refractivity contribution in [2.75, 3.05) is 43.4 Å². The normalized spacial score (nSPS) is 14.7. The Morgan fingerprint density at radius 1 is 1.06 bits per heavy atom. The fourth-order valence-corrected chi connectivity index (χ4v) is 4.35. The van der Waals surface area contributed by atoms with Crippen molar-refractivity contribution in [1.29, 1.82) is 0 Å². The van der Waals surface area contributed by atoms with Crippen LogP contribution in [-0.4, -0.2) is 62.4 Å². The minimum absolute atomic E-state index is 0.128. The molecule has 5 rings (SSSR count). The van der Waals surface area contributed by atoms with E-state index in [1.165, 1.54) is 11.3 Å². The van der Waals surface area contributed by atoms with Crippen LogP contribution in [0.1, 0.15) is 12.5 Å². The minimum atomic E-state index is -0.128. The van der Waals surface area contributed by atoms with Gasteiger partial charge in [-0.25, -0.2) is 19.3 Å². The Labute approximate surface area is 192 Å². The zero-order valence-electron chi connectivity index (χ0n) is 19.2. The summed E-state index contributed by atoms with van der Waals surface area (Å²) in [6.07, 6.45) is 3.29. The zero-order chi connectivity index (χ0) is 22.9. The van der Waals surface area contributed by atoms with Crippen molar-refractivity contribution in [2.24, 2.45) is 0 Å². The molecule has 0 saturated carbocycles. The molecule has 4 aromatic rings. The van der Waals surface area contributed by atoms with Crippen molar-refractivity contribution in [1.82, 2.24) is 29.2 Å². The molecule has 33 heavy (non-hydrogen) atoms. The lowest BCUT2D eigenvalue weighted by molar-refractivity contribution is 0.312. The highest BCUT2D eigenvalue weighted by atomic mass is 16.1. The van der Waals surface area contributed by atoms with Gasteiger partial charge in [0.2, 0.25) is 5.95 Å². The first-order chi connectivity index (χ1) is 16.0. The van der Waals surface area contributed by atoms with E-state index in [4.69, 9.17) is 4.98 Å². The molecule has 3 aromatic heterocycles. The molecular formula is C24H28N8O. The molecule has 0 bridgehead atoms. The highest BCUT2D eigenvalue weighted by Gasteiger charge is 2.18. The molecule has 1 fully saturated rings. The Morgan fingerprint density at radius 2 is 1.88 bits per heavy atom. The third kappa shape index (κ3) is 3.95. The maximum Gasteiger partial charge on any atom is 0.278 e. The molecule has 1 aromatic carbocycles. The molecule has 1 N–H and O–H groups in total. The first kappa shape index (κ1) is 21.1. The van der Waals surface area contributed by atoms with Crippen molar-refractivity contribution < 1.29 is 0 Å². The summed E-state index contributed by atoms with van der Waals surface area (Å²) < 4.78 is 3.38. The summed E-state index contributed by atoms with van der Waals surface area (Å²) in [6.45, 7) is 8.76. The van der Waals surface area contributed by atoms with Crippen LogP contribution < -0.4 is 15.8 Å². The van der Waals surface area contributed by atoms with Gasteiger partial charge in [-0.05, 0) is 56.8 Å². The van der Waals surface area contributed by atoms with E-state index in [0.717, 1.165) is 31.9 Å². The fourth-order valence-electron chi connectivity index (χ4n) is 4.35. The number of anilines is 3.